The Morgan fingerprint density at radius 1 is 1.21 bits per heavy atom. The summed E-state index contributed by atoms with van der Waals surface area (Å²) in [6.07, 6.45) is 1.27. The van der Waals surface area contributed by atoms with Crippen LogP contribution in [-0.4, -0.2) is 28.6 Å². The van der Waals surface area contributed by atoms with E-state index in [0.29, 0.717) is 23.7 Å². The second-order valence-corrected chi connectivity index (χ2v) is 8.72. The molecule has 1 atom stereocenters. The monoisotopic (exact) mass is 470 g/mol. The first kappa shape index (κ1) is 19.7. The molecule has 29 heavy (non-hydrogen) atoms. The van der Waals surface area contributed by atoms with Crippen LogP contribution in [0.2, 0.25) is 0 Å². The van der Waals surface area contributed by atoms with Crippen molar-refractivity contribution >= 4 is 49.9 Å². The molecule has 1 fully saturated rings. The van der Waals surface area contributed by atoms with Gasteiger partial charge in [-0.1, -0.05) is 52.4 Å². The average molecular weight is 471 g/mol. The van der Waals surface area contributed by atoms with E-state index in [1.807, 2.05) is 35.2 Å². The highest BCUT2D eigenvalue weighted by atomic mass is 79.9. The molecule has 2 aromatic carbocycles. The molecule has 2 amide bonds. The number of hydrogen-bond donors (Lipinski definition) is 1. The number of nitrogens with one attached hydrogen (secondary N) is 1. The zero-order chi connectivity index (χ0) is 20.4. The molecule has 1 aliphatic heterocycles. The normalized spacial score (nSPS) is 16.3. The molecular weight excluding hydrogens is 452 g/mol. The van der Waals surface area contributed by atoms with E-state index >= 15 is 0 Å². The van der Waals surface area contributed by atoms with Crippen LogP contribution in [0.5, 0.6) is 0 Å². The van der Waals surface area contributed by atoms with Gasteiger partial charge in [0.1, 0.15) is 5.01 Å². The molecule has 0 saturated carbocycles. The Labute approximate surface area is 181 Å². The second kappa shape index (κ2) is 8.42. The summed E-state index contributed by atoms with van der Waals surface area (Å²) in [4.78, 5) is 26.8. The first-order valence-electron chi connectivity index (χ1n) is 9.33. The quantitative estimate of drug-likeness (QED) is 0.589. The van der Waals surface area contributed by atoms with Gasteiger partial charge in [0.2, 0.25) is 11.0 Å². The van der Waals surface area contributed by atoms with E-state index in [9.17, 15) is 9.59 Å². The van der Waals surface area contributed by atoms with Crippen LogP contribution in [0.4, 0.5) is 10.8 Å². The van der Waals surface area contributed by atoms with Gasteiger partial charge in [0.15, 0.2) is 0 Å². The molecule has 1 aromatic heterocycles. The Morgan fingerprint density at radius 2 is 1.97 bits per heavy atom. The van der Waals surface area contributed by atoms with Crippen molar-refractivity contribution in [1.29, 1.82) is 0 Å². The minimum absolute atomic E-state index is 0.0248. The molecule has 3 aromatic rings. The molecule has 2 heterocycles. The van der Waals surface area contributed by atoms with Gasteiger partial charge in [-0.15, -0.1) is 10.2 Å². The van der Waals surface area contributed by atoms with Crippen LogP contribution < -0.4 is 10.2 Å². The smallest absolute Gasteiger partial charge is 0.257 e. The molecule has 0 spiro atoms. The Balaban J connectivity index is 1.46. The largest absolute Gasteiger partial charge is 0.311 e. The molecule has 1 unspecified atom stereocenters. The number of rotatable bonds is 5. The summed E-state index contributed by atoms with van der Waals surface area (Å²) in [7, 11) is 0. The van der Waals surface area contributed by atoms with E-state index in [1.54, 1.807) is 12.1 Å². The molecule has 1 saturated heterocycles. The van der Waals surface area contributed by atoms with Crippen molar-refractivity contribution in [3.63, 3.8) is 0 Å². The van der Waals surface area contributed by atoms with Crippen molar-refractivity contribution in [3.8, 4) is 0 Å². The van der Waals surface area contributed by atoms with Crippen molar-refractivity contribution < 1.29 is 9.59 Å². The average Bonchev–Trinajstić information content (AvgIpc) is 3.35. The number of amides is 2. The van der Waals surface area contributed by atoms with Gasteiger partial charge in [0, 0.05) is 34.6 Å². The van der Waals surface area contributed by atoms with Crippen molar-refractivity contribution in [2.45, 2.75) is 25.7 Å². The van der Waals surface area contributed by atoms with Crippen LogP contribution >= 0.6 is 27.3 Å². The lowest BCUT2D eigenvalue weighted by molar-refractivity contribution is -0.117. The van der Waals surface area contributed by atoms with Crippen LogP contribution in [0.1, 0.15) is 40.2 Å². The fourth-order valence-electron chi connectivity index (χ4n) is 3.40. The van der Waals surface area contributed by atoms with Gasteiger partial charge in [-0.25, -0.2) is 0 Å². The number of hydrogen-bond acceptors (Lipinski definition) is 5. The van der Waals surface area contributed by atoms with Crippen LogP contribution in [0.25, 0.3) is 0 Å². The van der Waals surface area contributed by atoms with Gasteiger partial charge >= 0.3 is 0 Å². The Kier molecular flexibility index (Phi) is 5.73. The Bertz CT molecular complexity index is 1050. The fraction of sp³-hybridized carbons (Fsp3) is 0.238. The standard InChI is InChI=1S/C21H19BrN4O2S/c1-2-13-5-3-4-6-17(13)26-12-15(11-18(26)27)20-24-25-21(29-20)23-19(28)14-7-9-16(22)10-8-14/h3-10,15H,2,11-12H2,1H3,(H,23,25,28). The molecule has 148 valence electrons. The summed E-state index contributed by atoms with van der Waals surface area (Å²) in [6.45, 7) is 2.66. The number of carbonyl (C=O) groups excluding carboxylic acids is 2. The summed E-state index contributed by atoms with van der Waals surface area (Å²) in [5.41, 5.74) is 2.67. The van der Waals surface area contributed by atoms with E-state index in [0.717, 1.165) is 27.2 Å². The predicted octanol–water partition coefficient (Wildman–Crippen LogP) is 4.64. The number of para-hydroxylation sites is 1. The molecule has 4 rings (SSSR count). The van der Waals surface area contributed by atoms with Crippen molar-refractivity contribution in [3.05, 3.63) is 69.1 Å². The Morgan fingerprint density at radius 3 is 2.72 bits per heavy atom. The number of aryl methyl sites for hydroxylation is 1. The van der Waals surface area contributed by atoms with Crippen LogP contribution in [0, 0.1) is 0 Å². The van der Waals surface area contributed by atoms with E-state index in [2.05, 4.69) is 44.4 Å². The maximum Gasteiger partial charge on any atom is 0.257 e. The predicted molar refractivity (Wildman–Crippen MR) is 118 cm³/mol. The van der Waals surface area contributed by atoms with Gasteiger partial charge in [0.25, 0.3) is 5.91 Å². The van der Waals surface area contributed by atoms with E-state index in [1.165, 1.54) is 11.3 Å². The van der Waals surface area contributed by atoms with Crippen molar-refractivity contribution in [2.75, 3.05) is 16.8 Å². The van der Waals surface area contributed by atoms with Crippen LogP contribution in [-0.2, 0) is 11.2 Å². The molecule has 1 aliphatic rings. The first-order valence-corrected chi connectivity index (χ1v) is 10.9. The zero-order valence-electron chi connectivity index (χ0n) is 15.8. The van der Waals surface area contributed by atoms with Crippen LogP contribution in [0.3, 0.4) is 0 Å². The molecule has 8 heteroatoms. The number of benzene rings is 2. The van der Waals surface area contributed by atoms with Gasteiger partial charge in [-0.05, 0) is 42.3 Å². The maximum absolute atomic E-state index is 12.6. The van der Waals surface area contributed by atoms with E-state index in [4.69, 9.17) is 0 Å². The fourth-order valence-corrected chi connectivity index (χ4v) is 4.49. The van der Waals surface area contributed by atoms with Crippen molar-refractivity contribution in [2.24, 2.45) is 0 Å². The molecule has 6 nitrogen and oxygen atoms in total. The summed E-state index contributed by atoms with van der Waals surface area (Å²) >= 11 is 4.68. The lowest BCUT2D eigenvalue weighted by Crippen LogP contribution is -2.25. The molecular formula is C21H19BrN4O2S. The molecule has 0 radical (unpaired) electrons. The third kappa shape index (κ3) is 4.23. The highest BCUT2D eigenvalue weighted by Crippen LogP contribution is 2.35. The lowest BCUT2D eigenvalue weighted by Gasteiger charge is -2.19. The zero-order valence-corrected chi connectivity index (χ0v) is 18.2. The summed E-state index contributed by atoms with van der Waals surface area (Å²) in [6, 6.07) is 15.1. The number of nitrogens with zero attached hydrogens (tertiary/aromatic N) is 3. The van der Waals surface area contributed by atoms with Gasteiger partial charge in [0.05, 0.1) is 0 Å². The number of carbonyl (C=O) groups is 2. The number of halogens is 1. The minimum Gasteiger partial charge on any atom is -0.311 e. The molecule has 0 aliphatic carbocycles. The first-order chi connectivity index (χ1) is 14.0. The van der Waals surface area contributed by atoms with E-state index in [-0.39, 0.29) is 17.7 Å². The highest BCUT2D eigenvalue weighted by molar-refractivity contribution is 9.10. The number of anilines is 2. The molecule has 0 bridgehead atoms. The van der Waals surface area contributed by atoms with Gasteiger partial charge in [-0.2, -0.15) is 0 Å². The topological polar surface area (TPSA) is 75.2 Å². The highest BCUT2D eigenvalue weighted by Gasteiger charge is 2.34. The van der Waals surface area contributed by atoms with E-state index < -0.39 is 0 Å². The van der Waals surface area contributed by atoms with Crippen molar-refractivity contribution in [1.82, 2.24) is 10.2 Å². The summed E-state index contributed by atoms with van der Waals surface area (Å²) in [5, 5.41) is 12.3. The maximum atomic E-state index is 12.6. The van der Waals surface area contributed by atoms with Gasteiger partial charge < -0.3 is 4.90 Å². The minimum atomic E-state index is -0.235. The third-order valence-electron chi connectivity index (χ3n) is 4.91. The summed E-state index contributed by atoms with van der Waals surface area (Å²) < 4.78 is 0.910. The summed E-state index contributed by atoms with van der Waals surface area (Å²) in [5.74, 6) is -0.170. The SMILES string of the molecule is CCc1ccccc1N1CC(c2nnc(NC(=O)c3ccc(Br)cc3)s2)CC1=O. The lowest BCUT2D eigenvalue weighted by atomic mass is 10.1. The molecule has 1 N–H and O–H groups in total. The second-order valence-electron chi connectivity index (χ2n) is 6.79. The van der Waals surface area contributed by atoms with Crippen LogP contribution in [0.15, 0.2) is 53.0 Å². The Hall–Kier alpha value is -2.58. The third-order valence-corrected chi connectivity index (χ3v) is 6.43. The number of aromatic nitrogens is 2. The van der Waals surface area contributed by atoms with Gasteiger partial charge in [-0.3, -0.25) is 14.9 Å².